The van der Waals surface area contributed by atoms with Crippen LogP contribution in [0.2, 0.25) is 0 Å². The molecule has 0 saturated carbocycles. The first-order valence-electron chi connectivity index (χ1n) is 7.42. The quantitative estimate of drug-likeness (QED) is 0.549. The van der Waals surface area contributed by atoms with Crippen LogP contribution in [0.5, 0.6) is 0 Å². The van der Waals surface area contributed by atoms with E-state index in [1.165, 1.54) is 23.5 Å². The Kier molecular flexibility index (Phi) is 4.84. The number of nitro groups is 1. The lowest BCUT2D eigenvalue weighted by molar-refractivity contribution is -0.384. The number of rotatable bonds is 5. The fraction of sp³-hybridized carbons (Fsp3) is 0.333. The summed E-state index contributed by atoms with van der Waals surface area (Å²) in [6, 6.07) is 6.04. The molecule has 1 aliphatic rings. The van der Waals surface area contributed by atoms with Crippen LogP contribution in [-0.4, -0.2) is 46.7 Å². The normalized spacial score (nSPS) is 20.0. The first-order valence-corrected chi connectivity index (χ1v) is 8.30. The molecule has 1 fully saturated rings. The van der Waals surface area contributed by atoms with Crippen molar-refractivity contribution in [3.8, 4) is 10.6 Å². The van der Waals surface area contributed by atoms with Crippen molar-refractivity contribution in [3.63, 3.8) is 0 Å². The van der Waals surface area contributed by atoms with Gasteiger partial charge in [0.2, 0.25) is 0 Å². The highest BCUT2D eigenvalue weighted by Gasteiger charge is 2.25. The average molecular weight is 348 g/mol. The summed E-state index contributed by atoms with van der Waals surface area (Å²) in [6.07, 6.45) is -0.448. The molecule has 1 aromatic carbocycles. The van der Waals surface area contributed by atoms with Crippen molar-refractivity contribution >= 4 is 22.9 Å². The van der Waals surface area contributed by atoms with E-state index >= 15 is 0 Å². The SMILES string of the molecule is O=C(NCC1CNCC1O)c1csc(-c2ccc([N+](=O)[O-])cc2)n1. The molecule has 1 aliphatic heterocycles. The molecule has 1 amide bonds. The molecule has 2 aromatic rings. The molecule has 3 rings (SSSR count). The number of nitrogens with zero attached hydrogens (tertiary/aromatic N) is 2. The van der Waals surface area contributed by atoms with E-state index in [1.54, 1.807) is 17.5 Å². The number of carbonyl (C=O) groups is 1. The summed E-state index contributed by atoms with van der Waals surface area (Å²) in [5, 5.41) is 28.5. The predicted octanol–water partition coefficient (Wildman–Crippen LogP) is 1.03. The van der Waals surface area contributed by atoms with Gasteiger partial charge in [-0.25, -0.2) is 4.98 Å². The fourth-order valence-electron chi connectivity index (χ4n) is 2.48. The molecule has 2 unspecified atom stereocenters. The largest absolute Gasteiger partial charge is 0.391 e. The molecule has 2 heterocycles. The molecule has 24 heavy (non-hydrogen) atoms. The molecule has 1 saturated heterocycles. The first-order chi connectivity index (χ1) is 11.5. The highest BCUT2D eigenvalue weighted by atomic mass is 32.1. The van der Waals surface area contributed by atoms with E-state index in [0.717, 1.165) is 5.56 Å². The molecule has 8 nitrogen and oxygen atoms in total. The second kappa shape index (κ2) is 7.04. The smallest absolute Gasteiger partial charge is 0.270 e. The van der Waals surface area contributed by atoms with Crippen LogP contribution in [-0.2, 0) is 0 Å². The molecular weight excluding hydrogens is 332 g/mol. The van der Waals surface area contributed by atoms with Crippen LogP contribution in [0.1, 0.15) is 10.5 Å². The molecule has 3 N–H and O–H groups in total. The number of thiazole rings is 1. The van der Waals surface area contributed by atoms with E-state index in [2.05, 4.69) is 15.6 Å². The monoisotopic (exact) mass is 348 g/mol. The van der Waals surface area contributed by atoms with E-state index in [-0.39, 0.29) is 17.5 Å². The lowest BCUT2D eigenvalue weighted by atomic mass is 10.1. The van der Waals surface area contributed by atoms with Crippen LogP contribution in [0.4, 0.5) is 5.69 Å². The molecule has 0 spiro atoms. The van der Waals surface area contributed by atoms with Crippen molar-refractivity contribution in [2.24, 2.45) is 5.92 Å². The number of nitro benzene ring substituents is 1. The summed E-state index contributed by atoms with van der Waals surface area (Å²) >= 11 is 1.30. The van der Waals surface area contributed by atoms with E-state index in [1.807, 2.05) is 0 Å². The number of aliphatic hydroxyl groups is 1. The minimum atomic E-state index is -0.462. The second-order valence-corrected chi connectivity index (χ2v) is 6.40. The molecule has 0 radical (unpaired) electrons. The number of nitrogens with one attached hydrogen (secondary N) is 2. The van der Waals surface area contributed by atoms with Crippen molar-refractivity contribution in [2.75, 3.05) is 19.6 Å². The average Bonchev–Trinajstić information content (AvgIpc) is 3.22. The van der Waals surface area contributed by atoms with Gasteiger partial charge in [0, 0.05) is 48.6 Å². The maximum atomic E-state index is 12.1. The zero-order chi connectivity index (χ0) is 17.1. The van der Waals surface area contributed by atoms with E-state index < -0.39 is 11.0 Å². The molecular formula is C15H16N4O4S. The predicted molar refractivity (Wildman–Crippen MR) is 88.9 cm³/mol. The summed E-state index contributed by atoms with van der Waals surface area (Å²) in [4.78, 5) is 26.6. The van der Waals surface area contributed by atoms with Gasteiger partial charge in [-0.15, -0.1) is 11.3 Å². The number of hydrogen-bond acceptors (Lipinski definition) is 7. The Morgan fingerprint density at radius 1 is 1.42 bits per heavy atom. The molecule has 126 valence electrons. The van der Waals surface area contributed by atoms with E-state index in [9.17, 15) is 20.0 Å². The minimum absolute atomic E-state index is 0.00160. The van der Waals surface area contributed by atoms with Crippen molar-refractivity contribution < 1.29 is 14.8 Å². The van der Waals surface area contributed by atoms with Gasteiger partial charge in [-0.2, -0.15) is 0 Å². The number of amides is 1. The molecule has 1 aromatic heterocycles. The molecule has 0 bridgehead atoms. The number of non-ortho nitro benzene ring substituents is 1. The van der Waals surface area contributed by atoms with Crippen molar-refractivity contribution in [3.05, 3.63) is 45.5 Å². The van der Waals surface area contributed by atoms with Crippen molar-refractivity contribution in [1.29, 1.82) is 0 Å². The highest BCUT2D eigenvalue weighted by Crippen LogP contribution is 2.25. The fourth-order valence-corrected chi connectivity index (χ4v) is 3.28. The summed E-state index contributed by atoms with van der Waals surface area (Å²) in [6.45, 7) is 1.60. The van der Waals surface area contributed by atoms with Crippen LogP contribution >= 0.6 is 11.3 Å². The van der Waals surface area contributed by atoms with E-state index in [4.69, 9.17) is 0 Å². The van der Waals surface area contributed by atoms with Gasteiger partial charge >= 0.3 is 0 Å². The first kappa shape index (κ1) is 16.5. The summed E-state index contributed by atoms with van der Waals surface area (Å²) in [5.74, 6) is -0.291. The van der Waals surface area contributed by atoms with Crippen LogP contribution in [0, 0.1) is 16.0 Å². The zero-order valence-corrected chi connectivity index (χ0v) is 13.5. The Labute approximate surface area is 141 Å². The molecule has 9 heteroatoms. The van der Waals surface area contributed by atoms with E-state index in [0.29, 0.717) is 30.3 Å². The minimum Gasteiger partial charge on any atom is -0.391 e. The van der Waals surface area contributed by atoms with Gasteiger partial charge in [0.25, 0.3) is 11.6 Å². The van der Waals surface area contributed by atoms with Crippen LogP contribution in [0.3, 0.4) is 0 Å². The third-order valence-electron chi connectivity index (χ3n) is 3.89. The van der Waals surface area contributed by atoms with Gasteiger partial charge in [0.05, 0.1) is 11.0 Å². The standard InChI is InChI=1S/C15H16N4O4S/c20-13-7-16-5-10(13)6-17-14(21)12-8-24-15(18-12)9-1-3-11(4-2-9)19(22)23/h1-4,8,10,13,16,20H,5-7H2,(H,17,21). The Balaban J connectivity index is 1.64. The van der Waals surface area contributed by atoms with Gasteiger partial charge in [0.1, 0.15) is 10.7 Å². The summed E-state index contributed by atoms with van der Waals surface area (Å²) in [5.41, 5.74) is 1.03. The van der Waals surface area contributed by atoms with Gasteiger partial charge < -0.3 is 15.7 Å². The lowest BCUT2D eigenvalue weighted by Crippen LogP contribution is -2.34. The van der Waals surface area contributed by atoms with Crippen LogP contribution in [0.25, 0.3) is 10.6 Å². The maximum Gasteiger partial charge on any atom is 0.270 e. The number of β-amino-alcohol motifs (C(OH)–C–C–N with tert-alkyl or cyclic N) is 1. The maximum absolute atomic E-state index is 12.1. The Morgan fingerprint density at radius 2 is 2.17 bits per heavy atom. The van der Waals surface area contributed by atoms with Crippen molar-refractivity contribution in [1.82, 2.24) is 15.6 Å². The number of benzene rings is 1. The third-order valence-corrected chi connectivity index (χ3v) is 4.78. The Hall–Kier alpha value is -2.36. The summed E-state index contributed by atoms with van der Waals surface area (Å²) in [7, 11) is 0. The molecule has 2 atom stereocenters. The topological polar surface area (TPSA) is 117 Å². The highest BCUT2D eigenvalue weighted by molar-refractivity contribution is 7.13. The van der Waals surface area contributed by atoms with Gasteiger partial charge in [-0.05, 0) is 12.1 Å². The lowest BCUT2D eigenvalue weighted by Gasteiger charge is -2.13. The third kappa shape index (κ3) is 3.58. The van der Waals surface area contributed by atoms with Crippen molar-refractivity contribution in [2.45, 2.75) is 6.10 Å². The number of aliphatic hydroxyl groups excluding tert-OH is 1. The zero-order valence-electron chi connectivity index (χ0n) is 12.6. The molecule has 0 aliphatic carbocycles. The van der Waals surface area contributed by atoms with Crippen LogP contribution in [0.15, 0.2) is 29.6 Å². The number of aromatic nitrogens is 1. The van der Waals surface area contributed by atoms with Gasteiger partial charge in [0.15, 0.2) is 0 Å². The number of carbonyl (C=O) groups excluding carboxylic acids is 1. The second-order valence-electron chi connectivity index (χ2n) is 5.54. The number of hydrogen-bond donors (Lipinski definition) is 3. The Morgan fingerprint density at radius 3 is 2.79 bits per heavy atom. The Bertz CT molecular complexity index is 746. The van der Waals surface area contributed by atoms with Crippen LogP contribution < -0.4 is 10.6 Å². The van der Waals surface area contributed by atoms with Gasteiger partial charge in [-0.1, -0.05) is 0 Å². The summed E-state index contributed by atoms with van der Waals surface area (Å²) < 4.78 is 0. The van der Waals surface area contributed by atoms with Gasteiger partial charge in [-0.3, -0.25) is 14.9 Å².